The van der Waals surface area contributed by atoms with Crippen LogP contribution in [-0.2, 0) is 0 Å². The molecule has 12 heavy (non-hydrogen) atoms. The Hall–Kier alpha value is -0.630. The van der Waals surface area contributed by atoms with Gasteiger partial charge in [0.05, 0.1) is 14.8 Å². The van der Waals surface area contributed by atoms with E-state index in [1.807, 2.05) is 0 Å². The molecule has 0 bridgehead atoms. The van der Waals surface area contributed by atoms with Crippen molar-refractivity contribution in [3.63, 3.8) is 0 Å². The second-order valence-corrected chi connectivity index (χ2v) is 4.56. The number of carboxylic acids is 2. The molecule has 0 radical (unpaired) electrons. The van der Waals surface area contributed by atoms with Crippen LogP contribution >= 0.6 is 33.9 Å². The molecule has 64 valence electrons. The fraction of sp³-hybridized carbons (Fsp3) is 0. The van der Waals surface area contributed by atoms with Crippen LogP contribution < -0.4 is 10.2 Å². The molecule has 0 aromatic carbocycles. The summed E-state index contributed by atoms with van der Waals surface area (Å²) in [6.45, 7) is 0. The zero-order chi connectivity index (χ0) is 9.30. The number of hydrogen-bond acceptors (Lipinski definition) is 5. The Labute approximate surface area is 85.0 Å². The van der Waals surface area contributed by atoms with Crippen LogP contribution in [0.25, 0.3) is 0 Å². The van der Waals surface area contributed by atoms with Crippen LogP contribution in [0, 0.1) is 2.88 Å². The summed E-state index contributed by atoms with van der Waals surface area (Å²) in [4.78, 5) is 20.7. The largest absolute Gasteiger partial charge is 0.545 e. The monoisotopic (exact) mass is 296 g/mol. The number of hydrogen-bond donors (Lipinski definition) is 0. The minimum absolute atomic E-state index is 0.291. The summed E-state index contributed by atoms with van der Waals surface area (Å²) in [5.41, 5.74) is -0.606. The van der Waals surface area contributed by atoms with Gasteiger partial charge in [-0.3, -0.25) is 0 Å². The number of halogens is 1. The Bertz CT molecular complexity index is 343. The van der Waals surface area contributed by atoms with Gasteiger partial charge in [-0.15, -0.1) is 11.3 Å². The second-order valence-electron chi connectivity index (χ2n) is 1.87. The maximum absolute atomic E-state index is 10.4. The van der Waals surface area contributed by atoms with E-state index in [4.69, 9.17) is 0 Å². The fourth-order valence-corrected chi connectivity index (χ4v) is 2.31. The topological polar surface area (TPSA) is 80.3 Å². The van der Waals surface area contributed by atoms with Gasteiger partial charge in [-0.25, -0.2) is 0 Å². The van der Waals surface area contributed by atoms with Crippen molar-refractivity contribution in [2.24, 2.45) is 0 Å². The summed E-state index contributed by atoms with van der Waals surface area (Å²) in [5, 5.41) is 22.0. The molecule has 6 heteroatoms. The van der Waals surface area contributed by atoms with Gasteiger partial charge in [0, 0.05) is 16.5 Å². The molecule has 1 aromatic rings. The van der Waals surface area contributed by atoms with Crippen molar-refractivity contribution in [2.75, 3.05) is 0 Å². The highest BCUT2D eigenvalue weighted by atomic mass is 127. The van der Waals surface area contributed by atoms with E-state index in [2.05, 4.69) is 0 Å². The molecule has 0 fully saturated rings. The van der Waals surface area contributed by atoms with E-state index in [-0.39, 0.29) is 11.1 Å². The molecule has 4 nitrogen and oxygen atoms in total. The number of aromatic carboxylic acids is 2. The van der Waals surface area contributed by atoms with Crippen molar-refractivity contribution in [2.45, 2.75) is 0 Å². The van der Waals surface area contributed by atoms with Crippen molar-refractivity contribution < 1.29 is 19.8 Å². The van der Waals surface area contributed by atoms with Gasteiger partial charge in [-0.05, 0) is 22.6 Å². The molecule has 0 N–H and O–H groups in total. The summed E-state index contributed by atoms with van der Waals surface area (Å²) in [6, 6.07) is 0. The third kappa shape index (κ3) is 1.58. The molecule has 0 amide bonds. The lowest BCUT2D eigenvalue weighted by Gasteiger charge is -2.05. The van der Waals surface area contributed by atoms with E-state index >= 15 is 0 Å². The summed E-state index contributed by atoms with van der Waals surface area (Å²) in [7, 11) is 0. The van der Waals surface area contributed by atoms with Crippen LogP contribution in [0.1, 0.15) is 20.7 Å². The quantitative estimate of drug-likeness (QED) is 0.661. The van der Waals surface area contributed by atoms with E-state index < -0.39 is 11.9 Å². The minimum Gasteiger partial charge on any atom is -0.545 e. The van der Waals surface area contributed by atoms with Crippen LogP contribution in [0.4, 0.5) is 0 Å². The minimum atomic E-state index is -1.49. The Morgan fingerprint density at radius 2 is 1.92 bits per heavy atom. The second kappa shape index (κ2) is 3.40. The Morgan fingerprint density at radius 3 is 2.25 bits per heavy atom. The first-order valence-electron chi connectivity index (χ1n) is 2.73. The standard InChI is InChI=1S/C6H3IO4S/c7-4-3(6(10)11)2(1-12-4)5(8)9/h1H,(H,8,9)(H,10,11)/p-2. The molecule has 1 rings (SSSR count). The predicted octanol–water partition coefficient (Wildman–Crippen LogP) is -0.920. The normalized spacial score (nSPS) is 9.75. The van der Waals surface area contributed by atoms with Crippen molar-refractivity contribution in [3.8, 4) is 0 Å². The van der Waals surface area contributed by atoms with Crippen molar-refractivity contribution in [1.82, 2.24) is 0 Å². The first kappa shape index (κ1) is 9.46. The van der Waals surface area contributed by atoms with Crippen LogP contribution in [0.15, 0.2) is 5.38 Å². The smallest absolute Gasteiger partial charge is 0.0750 e. The summed E-state index contributed by atoms with van der Waals surface area (Å²) in [6.07, 6.45) is 0. The van der Waals surface area contributed by atoms with Gasteiger partial charge in [0.25, 0.3) is 0 Å². The molecule has 0 saturated carbocycles. The van der Waals surface area contributed by atoms with E-state index in [1.165, 1.54) is 5.38 Å². The van der Waals surface area contributed by atoms with Crippen LogP contribution in [-0.4, -0.2) is 11.9 Å². The van der Waals surface area contributed by atoms with Gasteiger partial charge < -0.3 is 19.8 Å². The van der Waals surface area contributed by atoms with Crippen LogP contribution in [0.3, 0.4) is 0 Å². The van der Waals surface area contributed by atoms with Gasteiger partial charge in [0.15, 0.2) is 0 Å². The number of carbonyl (C=O) groups is 2. The highest BCUT2D eigenvalue weighted by Gasteiger charge is 2.10. The van der Waals surface area contributed by atoms with Gasteiger partial charge in [0.2, 0.25) is 0 Å². The molecular weight excluding hydrogens is 295 g/mol. The third-order valence-electron chi connectivity index (χ3n) is 1.17. The van der Waals surface area contributed by atoms with Crippen LogP contribution in [0.2, 0.25) is 0 Å². The van der Waals surface area contributed by atoms with Gasteiger partial charge in [-0.1, -0.05) is 0 Å². The van der Waals surface area contributed by atoms with E-state index in [9.17, 15) is 19.8 Å². The molecule has 0 unspecified atom stereocenters. The lowest BCUT2D eigenvalue weighted by Crippen LogP contribution is -2.29. The van der Waals surface area contributed by atoms with Crippen molar-refractivity contribution in [3.05, 3.63) is 19.4 Å². The number of carboxylic acid groups (broad SMARTS) is 2. The molecule has 0 saturated heterocycles. The van der Waals surface area contributed by atoms with E-state index in [1.54, 1.807) is 22.6 Å². The molecule has 0 aliphatic carbocycles. The Balaban J connectivity index is 3.31. The number of carbonyl (C=O) groups excluding carboxylic acids is 2. The number of thiophene rings is 1. The zero-order valence-electron chi connectivity index (χ0n) is 5.50. The lowest BCUT2D eigenvalue weighted by atomic mass is 10.2. The average molecular weight is 296 g/mol. The molecule has 1 heterocycles. The molecule has 1 aromatic heterocycles. The maximum atomic E-state index is 10.4. The number of rotatable bonds is 2. The van der Waals surface area contributed by atoms with Gasteiger partial charge in [-0.2, -0.15) is 0 Å². The third-order valence-corrected chi connectivity index (χ3v) is 3.24. The molecule has 0 aliphatic rings. The zero-order valence-corrected chi connectivity index (χ0v) is 8.47. The first-order valence-corrected chi connectivity index (χ1v) is 4.69. The molecule has 0 spiro atoms. The lowest BCUT2D eigenvalue weighted by molar-refractivity contribution is -0.259. The Morgan fingerprint density at radius 1 is 1.33 bits per heavy atom. The Kier molecular flexibility index (Phi) is 2.68. The first-order chi connectivity index (χ1) is 5.54. The highest BCUT2D eigenvalue weighted by molar-refractivity contribution is 14.1. The summed E-state index contributed by atoms with van der Waals surface area (Å²) < 4.78 is 0.381. The van der Waals surface area contributed by atoms with Crippen molar-refractivity contribution >= 4 is 45.9 Å². The fourth-order valence-electron chi connectivity index (χ4n) is 0.675. The molecule has 0 aliphatic heterocycles. The molecule has 0 atom stereocenters. The predicted molar refractivity (Wildman–Crippen MR) is 45.7 cm³/mol. The van der Waals surface area contributed by atoms with Gasteiger partial charge >= 0.3 is 0 Å². The summed E-state index contributed by atoms with van der Waals surface area (Å²) in [5.74, 6) is -2.98. The maximum Gasteiger partial charge on any atom is 0.0750 e. The van der Waals surface area contributed by atoms with E-state index in [0.717, 1.165) is 11.3 Å². The SMILES string of the molecule is O=C([O-])c1csc(I)c1C(=O)[O-]. The van der Waals surface area contributed by atoms with Gasteiger partial charge in [0.1, 0.15) is 0 Å². The van der Waals surface area contributed by atoms with Crippen molar-refractivity contribution in [1.29, 1.82) is 0 Å². The van der Waals surface area contributed by atoms with E-state index in [0.29, 0.717) is 2.88 Å². The highest BCUT2D eigenvalue weighted by Crippen LogP contribution is 2.23. The molecular formula is C6HIO4S-2. The average Bonchev–Trinajstić information content (AvgIpc) is 2.30. The summed E-state index contributed by atoms with van der Waals surface area (Å²) >= 11 is 2.77. The van der Waals surface area contributed by atoms with Crippen LogP contribution in [0.5, 0.6) is 0 Å².